The lowest BCUT2D eigenvalue weighted by atomic mass is 10.1. The van der Waals surface area contributed by atoms with E-state index in [4.69, 9.17) is 0 Å². The SMILES string of the molecule is CC(C)Nc1ccccc1C(=O)NC(C)CCN(C)C. The molecule has 2 N–H and O–H groups in total. The van der Waals surface area contributed by atoms with Crippen molar-refractivity contribution >= 4 is 11.6 Å². The second kappa shape index (κ2) is 7.90. The first-order valence-corrected chi connectivity index (χ1v) is 7.21. The van der Waals surface area contributed by atoms with Crippen molar-refractivity contribution in [2.24, 2.45) is 0 Å². The van der Waals surface area contributed by atoms with Gasteiger partial charge in [-0.2, -0.15) is 0 Å². The van der Waals surface area contributed by atoms with Gasteiger partial charge < -0.3 is 15.5 Å². The topological polar surface area (TPSA) is 44.4 Å². The third-order valence-corrected chi connectivity index (χ3v) is 3.00. The minimum absolute atomic E-state index is 0.0139. The van der Waals surface area contributed by atoms with Crippen molar-refractivity contribution in [1.29, 1.82) is 0 Å². The Morgan fingerprint density at radius 1 is 1.20 bits per heavy atom. The summed E-state index contributed by atoms with van der Waals surface area (Å²) in [4.78, 5) is 14.5. The van der Waals surface area contributed by atoms with Gasteiger partial charge in [0, 0.05) is 17.8 Å². The number of benzene rings is 1. The van der Waals surface area contributed by atoms with E-state index < -0.39 is 0 Å². The number of para-hydroxylation sites is 1. The van der Waals surface area contributed by atoms with E-state index in [1.807, 2.05) is 45.3 Å². The number of anilines is 1. The highest BCUT2D eigenvalue weighted by Gasteiger charge is 2.13. The molecule has 0 aliphatic heterocycles. The minimum atomic E-state index is -0.0139. The summed E-state index contributed by atoms with van der Waals surface area (Å²) in [5.41, 5.74) is 1.60. The molecule has 1 aromatic carbocycles. The zero-order valence-electron chi connectivity index (χ0n) is 13.2. The van der Waals surface area contributed by atoms with E-state index in [-0.39, 0.29) is 11.9 Å². The van der Waals surface area contributed by atoms with Crippen LogP contribution in [-0.2, 0) is 0 Å². The average Bonchev–Trinajstić information content (AvgIpc) is 2.36. The standard InChI is InChI=1S/C16H27N3O/c1-12(2)17-15-9-7-6-8-14(15)16(20)18-13(3)10-11-19(4)5/h6-9,12-13,17H,10-11H2,1-5H3,(H,18,20). The number of nitrogens with zero attached hydrogens (tertiary/aromatic N) is 1. The molecule has 4 nitrogen and oxygen atoms in total. The van der Waals surface area contributed by atoms with Crippen LogP contribution in [-0.4, -0.2) is 43.5 Å². The van der Waals surface area contributed by atoms with Gasteiger partial charge in [-0.3, -0.25) is 4.79 Å². The molecular weight excluding hydrogens is 250 g/mol. The molecule has 0 heterocycles. The Morgan fingerprint density at radius 2 is 1.85 bits per heavy atom. The lowest BCUT2D eigenvalue weighted by Crippen LogP contribution is -2.35. The minimum Gasteiger partial charge on any atom is -0.382 e. The Labute approximate surface area is 122 Å². The fourth-order valence-electron chi connectivity index (χ4n) is 1.94. The van der Waals surface area contributed by atoms with Gasteiger partial charge in [0.05, 0.1) is 5.56 Å². The molecule has 0 aliphatic carbocycles. The fraction of sp³-hybridized carbons (Fsp3) is 0.562. The van der Waals surface area contributed by atoms with Crippen LogP contribution < -0.4 is 10.6 Å². The van der Waals surface area contributed by atoms with E-state index in [9.17, 15) is 4.79 Å². The van der Waals surface area contributed by atoms with Crippen molar-refractivity contribution in [1.82, 2.24) is 10.2 Å². The van der Waals surface area contributed by atoms with E-state index in [0.717, 1.165) is 18.7 Å². The third kappa shape index (κ3) is 5.61. The molecule has 1 aromatic rings. The van der Waals surface area contributed by atoms with Gasteiger partial charge in [0.25, 0.3) is 5.91 Å². The summed E-state index contributed by atoms with van der Waals surface area (Å²) < 4.78 is 0. The summed E-state index contributed by atoms with van der Waals surface area (Å²) in [5.74, 6) is -0.0139. The maximum absolute atomic E-state index is 12.3. The van der Waals surface area contributed by atoms with Crippen molar-refractivity contribution in [2.45, 2.75) is 39.3 Å². The van der Waals surface area contributed by atoms with Crippen LogP contribution in [0.2, 0.25) is 0 Å². The van der Waals surface area contributed by atoms with E-state index >= 15 is 0 Å². The largest absolute Gasteiger partial charge is 0.382 e. The lowest BCUT2D eigenvalue weighted by Gasteiger charge is -2.19. The van der Waals surface area contributed by atoms with Gasteiger partial charge in [0.1, 0.15) is 0 Å². The van der Waals surface area contributed by atoms with Crippen LogP contribution in [0, 0.1) is 0 Å². The molecule has 0 spiro atoms. The van der Waals surface area contributed by atoms with Gasteiger partial charge in [-0.15, -0.1) is 0 Å². The number of nitrogens with one attached hydrogen (secondary N) is 2. The second-order valence-corrected chi connectivity index (χ2v) is 5.81. The maximum atomic E-state index is 12.3. The van der Waals surface area contributed by atoms with Crippen LogP contribution in [0.3, 0.4) is 0 Å². The summed E-state index contributed by atoms with van der Waals surface area (Å²) in [6.45, 7) is 7.13. The molecular formula is C16H27N3O. The van der Waals surface area contributed by atoms with Crippen LogP contribution in [0.5, 0.6) is 0 Å². The highest BCUT2D eigenvalue weighted by Crippen LogP contribution is 2.16. The van der Waals surface area contributed by atoms with E-state index in [1.54, 1.807) is 0 Å². The van der Waals surface area contributed by atoms with Crippen molar-refractivity contribution in [3.05, 3.63) is 29.8 Å². The van der Waals surface area contributed by atoms with Crippen LogP contribution in [0.25, 0.3) is 0 Å². The third-order valence-electron chi connectivity index (χ3n) is 3.00. The summed E-state index contributed by atoms with van der Waals surface area (Å²) in [7, 11) is 4.08. The number of rotatable bonds is 7. The lowest BCUT2D eigenvalue weighted by molar-refractivity contribution is 0.0937. The van der Waals surface area contributed by atoms with Crippen molar-refractivity contribution in [3.63, 3.8) is 0 Å². The Kier molecular flexibility index (Phi) is 6.52. The molecule has 20 heavy (non-hydrogen) atoms. The first kappa shape index (κ1) is 16.5. The summed E-state index contributed by atoms with van der Waals surface area (Å²) in [5, 5.41) is 6.37. The molecule has 0 radical (unpaired) electrons. The zero-order chi connectivity index (χ0) is 15.1. The number of hydrogen-bond donors (Lipinski definition) is 2. The smallest absolute Gasteiger partial charge is 0.253 e. The highest BCUT2D eigenvalue weighted by molar-refractivity contribution is 5.99. The Bertz CT molecular complexity index is 429. The molecule has 0 saturated carbocycles. The van der Waals surface area contributed by atoms with E-state index in [1.165, 1.54) is 0 Å². The molecule has 1 unspecified atom stereocenters. The fourth-order valence-corrected chi connectivity index (χ4v) is 1.94. The van der Waals surface area contributed by atoms with Crippen LogP contribution in [0.15, 0.2) is 24.3 Å². The van der Waals surface area contributed by atoms with Crippen LogP contribution in [0.1, 0.15) is 37.6 Å². The molecule has 1 rings (SSSR count). The van der Waals surface area contributed by atoms with E-state index in [2.05, 4.69) is 29.4 Å². The summed E-state index contributed by atoms with van der Waals surface area (Å²) >= 11 is 0. The molecule has 4 heteroatoms. The molecule has 0 fully saturated rings. The van der Waals surface area contributed by atoms with Crippen molar-refractivity contribution < 1.29 is 4.79 Å². The molecule has 112 valence electrons. The zero-order valence-corrected chi connectivity index (χ0v) is 13.2. The number of amides is 1. The van der Waals surface area contributed by atoms with Gasteiger partial charge in [-0.25, -0.2) is 0 Å². The Hall–Kier alpha value is -1.55. The summed E-state index contributed by atoms with van der Waals surface area (Å²) in [6, 6.07) is 8.10. The quantitative estimate of drug-likeness (QED) is 0.805. The predicted octanol–water partition coefficient (Wildman–Crippen LogP) is 2.58. The number of hydrogen-bond acceptors (Lipinski definition) is 3. The van der Waals surface area contributed by atoms with Crippen molar-refractivity contribution in [3.8, 4) is 0 Å². The predicted molar refractivity (Wildman–Crippen MR) is 85.3 cm³/mol. The maximum Gasteiger partial charge on any atom is 0.253 e. The first-order valence-electron chi connectivity index (χ1n) is 7.21. The average molecular weight is 277 g/mol. The van der Waals surface area contributed by atoms with Gasteiger partial charge in [-0.1, -0.05) is 12.1 Å². The van der Waals surface area contributed by atoms with Gasteiger partial charge in [0.15, 0.2) is 0 Å². The van der Waals surface area contributed by atoms with Gasteiger partial charge >= 0.3 is 0 Å². The normalized spacial score (nSPS) is 12.6. The molecule has 1 atom stereocenters. The molecule has 0 bridgehead atoms. The summed E-state index contributed by atoms with van der Waals surface area (Å²) in [6.07, 6.45) is 0.943. The van der Waals surface area contributed by atoms with Crippen molar-refractivity contribution in [2.75, 3.05) is 26.0 Å². The Morgan fingerprint density at radius 3 is 2.45 bits per heavy atom. The molecule has 0 aliphatic rings. The Balaban J connectivity index is 2.67. The molecule has 1 amide bonds. The number of carbonyl (C=O) groups excluding carboxylic acids is 1. The van der Waals surface area contributed by atoms with Gasteiger partial charge in [-0.05, 0) is 60.0 Å². The number of carbonyl (C=O) groups is 1. The van der Waals surface area contributed by atoms with Crippen LogP contribution >= 0.6 is 0 Å². The van der Waals surface area contributed by atoms with Crippen LogP contribution in [0.4, 0.5) is 5.69 Å². The van der Waals surface area contributed by atoms with Gasteiger partial charge in [0.2, 0.25) is 0 Å². The van der Waals surface area contributed by atoms with E-state index in [0.29, 0.717) is 11.6 Å². The second-order valence-electron chi connectivity index (χ2n) is 5.81. The highest BCUT2D eigenvalue weighted by atomic mass is 16.1. The monoisotopic (exact) mass is 277 g/mol. The molecule has 0 saturated heterocycles. The molecule has 0 aromatic heterocycles. The first-order chi connectivity index (χ1) is 9.40.